The molecule has 2 aromatic carbocycles. The predicted octanol–water partition coefficient (Wildman–Crippen LogP) is 3.86. The number of carbonyl (C=O) groups is 1. The van der Waals surface area contributed by atoms with Crippen LogP contribution in [0.1, 0.15) is 17.9 Å². The maximum atomic E-state index is 13.0. The molecule has 1 saturated heterocycles. The number of nitrogens with zero attached hydrogens (tertiary/aromatic N) is 2. The lowest BCUT2D eigenvalue weighted by molar-refractivity contribution is -0.150. The Balaban J connectivity index is 1.19. The van der Waals surface area contributed by atoms with E-state index < -0.39 is 0 Å². The van der Waals surface area contributed by atoms with Crippen molar-refractivity contribution in [2.75, 3.05) is 26.3 Å². The molecule has 0 bridgehead atoms. The third kappa shape index (κ3) is 6.23. The van der Waals surface area contributed by atoms with Crippen LogP contribution in [0.15, 0.2) is 65.2 Å². The van der Waals surface area contributed by atoms with Gasteiger partial charge in [-0.2, -0.15) is 0 Å². The topological polar surface area (TPSA) is 64.8 Å². The van der Waals surface area contributed by atoms with E-state index in [1.165, 1.54) is 17.7 Å². The van der Waals surface area contributed by atoms with E-state index in [4.69, 9.17) is 13.9 Å². The summed E-state index contributed by atoms with van der Waals surface area (Å²) in [5.74, 6) is 0.360. The summed E-state index contributed by atoms with van der Waals surface area (Å²) in [6.07, 6.45) is 1.95. The molecular weight excluding hydrogens is 399 g/mol. The molecule has 0 saturated carbocycles. The summed E-state index contributed by atoms with van der Waals surface area (Å²) in [6, 6.07) is 16.3. The molecule has 1 fully saturated rings. The molecule has 7 heteroatoms. The molecule has 0 amide bonds. The van der Waals surface area contributed by atoms with Crippen LogP contribution >= 0.6 is 0 Å². The minimum absolute atomic E-state index is 0.131. The number of benzene rings is 2. The van der Waals surface area contributed by atoms with Crippen LogP contribution in [-0.2, 0) is 27.2 Å². The minimum atomic E-state index is -0.315. The van der Waals surface area contributed by atoms with E-state index in [-0.39, 0.29) is 30.9 Å². The molecule has 4 rings (SSSR count). The lowest BCUT2D eigenvalue weighted by atomic mass is 10.2. The number of morpholine rings is 1. The van der Waals surface area contributed by atoms with Crippen molar-refractivity contribution in [1.29, 1.82) is 0 Å². The molecule has 162 valence electrons. The van der Waals surface area contributed by atoms with E-state index in [0.29, 0.717) is 24.7 Å². The van der Waals surface area contributed by atoms with Gasteiger partial charge in [0.1, 0.15) is 18.5 Å². The van der Waals surface area contributed by atoms with Crippen molar-refractivity contribution in [3.05, 3.63) is 78.1 Å². The summed E-state index contributed by atoms with van der Waals surface area (Å²) >= 11 is 0. The molecule has 0 aliphatic carbocycles. The van der Waals surface area contributed by atoms with Crippen LogP contribution < -0.4 is 0 Å². The highest BCUT2D eigenvalue weighted by Gasteiger charge is 2.22. The van der Waals surface area contributed by atoms with E-state index in [9.17, 15) is 9.18 Å². The van der Waals surface area contributed by atoms with Gasteiger partial charge >= 0.3 is 5.97 Å². The Kier molecular flexibility index (Phi) is 7.07. The fourth-order valence-electron chi connectivity index (χ4n) is 3.51. The summed E-state index contributed by atoms with van der Waals surface area (Å²) in [7, 11) is 0. The second-order valence-corrected chi connectivity index (χ2v) is 7.52. The second kappa shape index (κ2) is 10.3. The van der Waals surface area contributed by atoms with Crippen LogP contribution in [0.4, 0.5) is 4.39 Å². The highest BCUT2D eigenvalue weighted by Crippen LogP contribution is 2.21. The van der Waals surface area contributed by atoms with Gasteiger partial charge in [-0.05, 0) is 29.8 Å². The third-order valence-electron chi connectivity index (χ3n) is 5.13. The van der Waals surface area contributed by atoms with Gasteiger partial charge in [-0.3, -0.25) is 9.69 Å². The van der Waals surface area contributed by atoms with Crippen molar-refractivity contribution < 1.29 is 23.1 Å². The van der Waals surface area contributed by atoms with Crippen LogP contribution in [0.3, 0.4) is 0 Å². The fourth-order valence-corrected chi connectivity index (χ4v) is 3.51. The predicted molar refractivity (Wildman–Crippen MR) is 113 cm³/mol. The van der Waals surface area contributed by atoms with Gasteiger partial charge in [-0.25, -0.2) is 9.37 Å². The average molecular weight is 424 g/mol. The molecule has 1 unspecified atom stereocenters. The Hall–Kier alpha value is -3.03. The van der Waals surface area contributed by atoms with Crippen LogP contribution in [0, 0.1) is 5.82 Å². The number of oxazole rings is 1. The molecule has 31 heavy (non-hydrogen) atoms. The Morgan fingerprint density at radius 1 is 1.16 bits per heavy atom. The van der Waals surface area contributed by atoms with Gasteiger partial charge in [0.25, 0.3) is 0 Å². The highest BCUT2D eigenvalue weighted by molar-refractivity contribution is 5.69. The van der Waals surface area contributed by atoms with Gasteiger partial charge < -0.3 is 13.9 Å². The highest BCUT2D eigenvalue weighted by atomic mass is 19.1. The van der Waals surface area contributed by atoms with Gasteiger partial charge in [0.2, 0.25) is 0 Å². The summed E-state index contributed by atoms with van der Waals surface area (Å²) in [5, 5.41) is 0. The zero-order valence-corrected chi connectivity index (χ0v) is 17.2. The molecule has 1 aliphatic heterocycles. The average Bonchev–Trinajstić information content (AvgIpc) is 3.27. The Morgan fingerprint density at radius 2 is 1.97 bits per heavy atom. The lowest BCUT2D eigenvalue weighted by Gasteiger charge is -2.32. The molecule has 0 radical (unpaired) electrons. The molecule has 2 heterocycles. The first kappa shape index (κ1) is 21.2. The number of ether oxygens (including phenoxy) is 2. The first-order valence-corrected chi connectivity index (χ1v) is 10.4. The number of hydrogen-bond acceptors (Lipinski definition) is 6. The second-order valence-electron chi connectivity index (χ2n) is 7.52. The van der Waals surface area contributed by atoms with Crippen molar-refractivity contribution in [3.63, 3.8) is 0 Å². The molecule has 1 aliphatic rings. The number of rotatable bonds is 8. The summed E-state index contributed by atoms with van der Waals surface area (Å²) < 4.78 is 29.8. The molecule has 0 spiro atoms. The lowest BCUT2D eigenvalue weighted by Crippen LogP contribution is -2.44. The summed E-state index contributed by atoms with van der Waals surface area (Å²) in [6.45, 7) is 3.30. The molecule has 3 aromatic rings. The number of carbonyl (C=O) groups excluding carboxylic acids is 1. The van der Waals surface area contributed by atoms with Crippen molar-refractivity contribution in [3.8, 4) is 11.3 Å². The monoisotopic (exact) mass is 424 g/mol. The van der Waals surface area contributed by atoms with Crippen molar-refractivity contribution in [2.45, 2.75) is 25.5 Å². The van der Waals surface area contributed by atoms with Crippen LogP contribution in [-0.4, -0.2) is 48.3 Å². The number of aromatic nitrogens is 1. The largest absolute Gasteiger partial charge is 0.463 e. The van der Waals surface area contributed by atoms with Gasteiger partial charge in [-0.1, -0.05) is 30.3 Å². The Bertz CT molecular complexity index is 975. The number of esters is 1. The standard InChI is InChI=1S/C24H25FN2O4/c25-20-8-6-19(7-9-20)22-14-26-23(31-22)10-11-24(28)30-17-21-16-27(12-13-29-21)15-18-4-2-1-3-5-18/h1-9,14,21H,10-13,15-17H2. The van der Waals surface area contributed by atoms with Crippen LogP contribution in [0.5, 0.6) is 0 Å². The first-order valence-electron chi connectivity index (χ1n) is 10.4. The van der Waals surface area contributed by atoms with E-state index >= 15 is 0 Å². The van der Waals surface area contributed by atoms with E-state index in [1.54, 1.807) is 18.3 Å². The SMILES string of the molecule is O=C(CCc1ncc(-c2ccc(F)cc2)o1)OCC1CN(Cc2ccccc2)CCO1. The maximum Gasteiger partial charge on any atom is 0.306 e. The number of halogens is 1. The Labute approximate surface area is 180 Å². The third-order valence-corrected chi connectivity index (χ3v) is 5.13. The smallest absolute Gasteiger partial charge is 0.306 e. The molecule has 6 nitrogen and oxygen atoms in total. The van der Waals surface area contributed by atoms with Gasteiger partial charge in [0.05, 0.1) is 19.2 Å². The minimum Gasteiger partial charge on any atom is -0.463 e. The maximum absolute atomic E-state index is 13.0. The fraction of sp³-hybridized carbons (Fsp3) is 0.333. The summed E-state index contributed by atoms with van der Waals surface area (Å²) in [5.41, 5.74) is 1.99. The molecule has 1 aromatic heterocycles. The van der Waals surface area contributed by atoms with Crippen LogP contribution in [0.25, 0.3) is 11.3 Å². The zero-order valence-electron chi connectivity index (χ0n) is 17.2. The van der Waals surface area contributed by atoms with Crippen molar-refractivity contribution >= 4 is 5.97 Å². The summed E-state index contributed by atoms with van der Waals surface area (Å²) in [4.78, 5) is 18.6. The first-order chi connectivity index (χ1) is 15.2. The van der Waals surface area contributed by atoms with Gasteiger partial charge in [-0.15, -0.1) is 0 Å². The molecule has 1 atom stereocenters. The van der Waals surface area contributed by atoms with Gasteiger partial charge in [0, 0.05) is 31.6 Å². The zero-order chi connectivity index (χ0) is 21.5. The molecular formula is C24H25FN2O4. The van der Waals surface area contributed by atoms with Crippen molar-refractivity contribution in [2.24, 2.45) is 0 Å². The van der Waals surface area contributed by atoms with E-state index in [1.807, 2.05) is 18.2 Å². The van der Waals surface area contributed by atoms with Crippen LogP contribution in [0.2, 0.25) is 0 Å². The van der Waals surface area contributed by atoms with Gasteiger partial charge in [0.15, 0.2) is 11.7 Å². The number of aryl methyl sites for hydroxylation is 1. The van der Waals surface area contributed by atoms with E-state index in [2.05, 4.69) is 22.0 Å². The Morgan fingerprint density at radius 3 is 2.77 bits per heavy atom. The quantitative estimate of drug-likeness (QED) is 0.512. The molecule has 0 N–H and O–H groups in total. The van der Waals surface area contributed by atoms with E-state index in [0.717, 1.165) is 25.2 Å². The normalized spacial score (nSPS) is 16.9. The van der Waals surface area contributed by atoms with Crippen molar-refractivity contribution in [1.82, 2.24) is 9.88 Å². The number of hydrogen-bond donors (Lipinski definition) is 0.